The maximum Gasteiger partial charge on any atom is 0.345 e. The second-order valence-corrected chi connectivity index (χ2v) is 8.19. The molecule has 0 bridgehead atoms. The van der Waals surface area contributed by atoms with Crippen molar-refractivity contribution in [3.05, 3.63) is 117 Å². The van der Waals surface area contributed by atoms with Gasteiger partial charge in [0.15, 0.2) is 5.76 Å². The van der Waals surface area contributed by atoms with E-state index < -0.39 is 5.97 Å². The lowest BCUT2D eigenvalue weighted by atomic mass is 10.2. The number of carbonyl (C=O) groups is 1. The highest BCUT2D eigenvalue weighted by Gasteiger charge is 2.16. The lowest BCUT2D eigenvalue weighted by molar-refractivity contribution is 0.0734. The molecule has 0 radical (unpaired) electrons. The van der Waals surface area contributed by atoms with E-state index >= 15 is 0 Å². The van der Waals surface area contributed by atoms with E-state index in [0.717, 1.165) is 4.68 Å². The number of halogens is 2. The number of aromatic nitrogens is 2. The fourth-order valence-electron chi connectivity index (χ4n) is 3.41. The molecule has 2 heterocycles. The molecule has 35 heavy (non-hydrogen) atoms. The van der Waals surface area contributed by atoms with Crippen molar-refractivity contribution in [3.63, 3.8) is 0 Å². The number of esters is 1. The molecule has 0 N–H and O–H groups in total. The third-order valence-electron chi connectivity index (χ3n) is 5.08. The summed E-state index contributed by atoms with van der Waals surface area (Å²) >= 11 is 12.0. The van der Waals surface area contributed by atoms with Gasteiger partial charge in [0.2, 0.25) is 5.82 Å². The first-order valence-corrected chi connectivity index (χ1v) is 11.1. The lowest BCUT2D eigenvalue weighted by Gasteiger charge is -2.09. The van der Waals surface area contributed by atoms with Gasteiger partial charge in [-0.2, -0.15) is 9.78 Å². The van der Waals surface area contributed by atoms with Crippen molar-refractivity contribution in [3.8, 4) is 17.3 Å². The number of para-hydroxylation sites is 2. The third kappa shape index (κ3) is 4.59. The Morgan fingerprint density at radius 3 is 2.60 bits per heavy atom. The number of carbonyl (C=O) groups excluding carboxylic acids is 1. The van der Waals surface area contributed by atoms with Crippen LogP contribution in [-0.2, 0) is 0 Å². The summed E-state index contributed by atoms with van der Waals surface area (Å²) < 4.78 is 12.2. The summed E-state index contributed by atoms with van der Waals surface area (Å²) in [6, 6.07) is 21.6. The summed E-state index contributed by atoms with van der Waals surface area (Å²) in [4.78, 5) is 30.5. The maximum atomic E-state index is 13.2. The zero-order chi connectivity index (χ0) is 24.4. The molecule has 0 atom stereocenters. The molecule has 5 aromatic rings. The number of ether oxygens (including phenoxy) is 1. The van der Waals surface area contributed by atoms with Crippen molar-refractivity contribution in [1.29, 1.82) is 0 Å². The maximum absolute atomic E-state index is 13.2. The Morgan fingerprint density at radius 1 is 1.00 bits per heavy atom. The van der Waals surface area contributed by atoms with E-state index in [2.05, 4.69) is 10.1 Å². The van der Waals surface area contributed by atoms with Gasteiger partial charge in [0.05, 0.1) is 34.0 Å². The first-order valence-electron chi connectivity index (χ1n) is 10.4. The van der Waals surface area contributed by atoms with Gasteiger partial charge in [0.25, 0.3) is 5.56 Å². The Kier molecular flexibility index (Phi) is 6.18. The van der Waals surface area contributed by atoms with E-state index in [4.69, 9.17) is 32.4 Å². The van der Waals surface area contributed by atoms with Gasteiger partial charge >= 0.3 is 5.97 Å². The SMILES string of the molecule is O=C(Oc1ccccc1C=Nn1c(-c2ccco2)nc2ccccc2c1=O)c1ccc(Cl)cc1Cl. The molecular weight excluding hydrogens is 489 g/mol. The molecule has 0 spiro atoms. The monoisotopic (exact) mass is 503 g/mol. The molecule has 0 unspecified atom stereocenters. The molecule has 0 aliphatic carbocycles. The molecule has 2 aromatic heterocycles. The van der Waals surface area contributed by atoms with Crippen molar-refractivity contribution in [2.75, 3.05) is 0 Å². The van der Waals surface area contributed by atoms with Crippen LogP contribution in [-0.4, -0.2) is 21.8 Å². The number of furan rings is 1. The average Bonchev–Trinajstić information content (AvgIpc) is 3.39. The molecule has 0 aliphatic heterocycles. The Morgan fingerprint density at radius 2 is 1.80 bits per heavy atom. The van der Waals surface area contributed by atoms with Gasteiger partial charge in [-0.15, -0.1) is 0 Å². The van der Waals surface area contributed by atoms with E-state index in [1.165, 1.54) is 24.6 Å². The minimum atomic E-state index is -0.659. The second kappa shape index (κ2) is 9.58. The van der Waals surface area contributed by atoms with Crippen LogP contribution in [0.2, 0.25) is 10.0 Å². The Hall–Kier alpha value is -4.20. The number of fused-ring (bicyclic) bond motifs is 1. The molecule has 3 aromatic carbocycles. The number of nitrogens with zero attached hydrogens (tertiary/aromatic N) is 3. The first kappa shape index (κ1) is 22.6. The van der Waals surface area contributed by atoms with E-state index in [-0.39, 0.29) is 27.7 Å². The van der Waals surface area contributed by atoms with Crippen LogP contribution < -0.4 is 10.3 Å². The summed E-state index contributed by atoms with van der Waals surface area (Å²) in [5, 5.41) is 5.35. The summed E-state index contributed by atoms with van der Waals surface area (Å²) in [6.07, 6.45) is 2.90. The van der Waals surface area contributed by atoms with Gasteiger partial charge in [0, 0.05) is 10.6 Å². The normalized spacial score (nSPS) is 11.3. The number of benzene rings is 3. The Balaban J connectivity index is 1.54. The topological polar surface area (TPSA) is 86.7 Å². The third-order valence-corrected chi connectivity index (χ3v) is 5.63. The molecule has 172 valence electrons. The highest BCUT2D eigenvalue weighted by Crippen LogP contribution is 2.24. The molecule has 0 amide bonds. The van der Waals surface area contributed by atoms with E-state index in [1.807, 2.05) is 0 Å². The van der Waals surface area contributed by atoms with Crippen molar-refractivity contribution in [1.82, 2.24) is 9.66 Å². The van der Waals surface area contributed by atoms with Crippen LogP contribution >= 0.6 is 23.2 Å². The van der Waals surface area contributed by atoms with Gasteiger partial charge in [-0.25, -0.2) is 9.78 Å². The van der Waals surface area contributed by atoms with Crippen LogP contribution in [0.4, 0.5) is 0 Å². The average molecular weight is 504 g/mol. The zero-order valence-corrected chi connectivity index (χ0v) is 19.4. The van der Waals surface area contributed by atoms with Crippen LogP contribution in [0.1, 0.15) is 15.9 Å². The predicted molar refractivity (Wildman–Crippen MR) is 135 cm³/mol. The summed E-state index contributed by atoms with van der Waals surface area (Å²) in [7, 11) is 0. The zero-order valence-electron chi connectivity index (χ0n) is 17.9. The molecule has 7 nitrogen and oxygen atoms in total. The highest BCUT2D eigenvalue weighted by molar-refractivity contribution is 6.36. The molecule has 0 saturated heterocycles. The van der Waals surface area contributed by atoms with Gasteiger partial charge in [-0.3, -0.25) is 4.79 Å². The summed E-state index contributed by atoms with van der Waals surface area (Å²) in [6.45, 7) is 0. The minimum Gasteiger partial charge on any atom is -0.461 e. The van der Waals surface area contributed by atoms with Crippen molar-refractivity contribution < 1.29 is 13.9 Å². The van der Waals surface area contributed by atoms with Crippen molar-refractivity contribution >= 4 is 46.3 Å². The summed E-state index contributed by atoms with van der Waals surface area (Å²) in [5.74, 6) is 0.182. The summed E-state index contributed by atoms with van der Waals surface area (Å²) in [5.41, 5.74) is 0.763. The first-order chi connectivity index (χ1) is 17.0. The molecule has 0 fully saturated rings. The predicted octanol–water partition coefficient (Wildman–Crippen LogP) is 6.06. The standard InChI is InChI=1S/C26H15Cl2N3O4/c27-17-11-12-18(20(28)14-17)26(33)35-22-9-4-1-6-16(22)15-29-31-24(23-10-5-13-34-23)30-21-8-3-2-7-19(21)25(31)32/h1-15H. The number of rotatable bonds is 5. The smallest absolute Gasteiger partial charge is 0.345 e. The fourth-order valence-corrected chi connectivity index (χ4v) is 3.89. The van der Waals surface area contributed by atoms with Gasteiger partial charge in [0.1, 0.15) is 5.75 Å². The Bertz CT molecular complexity index is 1640. The molecule has 0 aliphatic rings. The van der Waals surface area contributed by atoms with Crippen LogP contribution in [0.15, 0.2) is 99.4 Å². The van der Waals surface area contributed by atoms with E-state index in [1.54, 1.807) is 66.7 Å². The van der Waals surface area contributed by atoms with Crippen LogP contribution in [0.3, 0.4) is 0 Å². The van der Waals surface area contributed by atoms with Gasteiger partial charge < -0.3 is 9.15 Å². The largest absolute Gasteiger partial charge is 0.461 e. The van der Waals surface area contributed by atoms with Crippen molar-refractivity contribution in [2.24, 2.45) is 5.10 Å². The quantitative estimate of drug-likeness (QED) is 0.165. The molecule has 5 rings (SSSR count). The van der Waals surface area contributed by atoms with E-state index in [9.17, 15) is 9.59 Å². The lowest BCUT2D eigenvalue weighted by Crippen LogP contribution is -2.20. The number of hydrogen-bond acceptors (Lipinski definition) is 6. The van der Waals surface area contributed by atoms with Crippen LogP contribution in [0.25, 0.3) is 22.5 Å². The van der Waals surface area contributed by atoms with E-state index in [0.29, 0.717) is 27.2 Å². The molecular formula is C26H15Cl2N3O4. The highest BCUT2D eigenvalue weighted by atomic mass is 35.5. The minimum absolute atomic E-state index is 0.165. The fraction of sp³-hybridized carbons (Fsp3) is 0. The second-order valence-electron chi connectivity index (χ2n) is 7.34. The van der Waals surface area contributed by atoms with Gasteiger partial charge in [-0.1, -0.05) is 47.5 Å². The van der Waals surface area contributed by atoms with Crippen LogP contribution in [0, 0.1) is 0 Å². The van der Waals surface area contributed by atoms with Crippen molar-refractivity contribution in [2.45, 2.75) is 0 Å². The molecule has 9 heteroatoms. The number of hydrogen-bond donors (Lipinski definition) is 0. The van der Waals surface area contributed by atoms with Crippen LogP contribution in [0.5, 0.6) is 5.75 Å². The Labute approximate surface area is 208 Å². The van der Waals surface area contributed by atoms with Gasteiger partial charge in [-0.05, 0) is 54.6 Å². The molecule has 0 saturated carbocycles.